The number of hydrogen-bond donors (Lipinski definition) is 1. The van der Waals surface area contributed by atoms with Gasteiger partial charge in [0.25, 0.3) is 0 Å². The van der Waals surface area contributed by atoms with Gasteiger partial charge in [-0.25, -0.2) is 0 Å². The van der Waals surface area contributed by atoms with E-state index in [2.05, 4.69) is 5.10 Å². The minimum atomic E-state index is 0.582. The molecule has 0 radical (unpaired) electrons. The smallest absolute Gasteiger partial charge is 0.240 e. The van der Waals surface area contributed by atoms with Crippen LogP contribution in [0.25, 0.3) is 5.69 Å². The molecule has 0 aliphatic heterocycles. The fraction of sp³-hybridized carbons (Fsp3) is 0.182. The lowest BCUT2D eigenvalue weighted by Crippen LogP contribution is -2.00. The van der Waals surface area contributed by atoms with Crippen LogP contribution in [0.5, 0.6) is 5.88 Å². The first-order valence-electron chi connectivity index (χ1n) is 4.68. The van der Waals surface area contributed by atoms with E-state index in [9.17, 15) is 0 Å². The second-order valence-corrected chi connectivity index (χ2v) is 3.26. The van der Waals surface area contributed by atoms with E-state index >= 15 is 0 Å². The van der Waals surface area contributed by atoms with Crippen molar-refractivity contribution in [2.45, 2.75) is 6.92 Å². The van der Waals surface area contributed by atoms with Crippen LogP contribution in [0.15, 0.2) is 30.3 Å². The van der Waals surface area contributed by atoms with Crippen LogP contribution in [0.4, 0.5) is 5.69 Å². The summed E-state index contributed by atoms with van der Waals surface area (Å²) in [6, 6.07) is 9.75. The lowest BCUT2D eigenvalue weighted by Gasteiger charge is -2.05. The summed E-state index contributed by atoms with van der Waals surface area (Å²) in [4.78, 5) is 0. The van der Waals surface area contributed by atoms with Crippen LogP contribution < -0.4 is 10.5 Å². The van der Waals surface area contributed by atoms with Crippen molar-refractivity contribution in [3.63, 3.8) is 0 Å². The van der Waals surface area contributed by atoms with Crippen LogP contribution in [0.2, 0.25) is 0 Å². The van der Waals surface area contributed by atoms with Gasteiger partial charge in [0.15, 0.2) is 0 Å². The van der Waals surface area contributed by atoms with Crippen LogP contribution in [-0.2, 0) is 0 Å². The fourth-order valence-corrected chi connectivity index (χ4v) is 1.46. The van der Waals surface area contributed by atoms with Crippen LogP contribution in [-0.4, -0.2) is 16.9 Å². The highest BCUT2D eigenvalue weighted by Gasteiger charge is 2.13. The zero-order valence-electron chi connectivity index (χ0n) is 8.77. The standard InChI is InChI=1S/C11H13N3O/c1-8-10(12)11(15-2)14(13-8)9-6-4-3-5-7-9/h3-7H,12H2,1-2H3. The average Bonchev–Trinajstić information content (AvgIpc) is 2.56. The summed E-state index contributed by atoms with van der Waals surface area (Å²) in [7, 11) is 1.59. The molecule has 0 aliphatic rings. The minimum Gasteiger partial charge on any atom is -0.479 e. The molecule has 4 nitrogen and oxygen atoms in total. The molecule has 1 heterocycles. The Morgan fingerprint density at radius 1 is 1.27 bits per heavy atom. The summed E-state index contributed by atoms with van der Waals surface area (Å²) >= 11 is 0. The Kier molecular flexibility index (Phi) is 2.33. The molecule has 0 amide bonds. The van der Waals surface area contributed by atoms with Crippen molar-refractivity contribution in [1.82, 2.24) is 9.78 Å². The van der Waals surface area contributed by atoms with E-state index < -0.39 is 0 Å². The number of nitrogens with zero attached hydrogens (tertiary/aromatic N) is 2. The van der Waals surface area contributed by atoms with Gasteiger partial charge in [-0.05, 0) is 19.1 Å². The van der Waals surface area contributed by atoms with Crippen molar-refractivity contribution < 1.29 is 4.74 Å². The number of methoxy groups -OCH3 is 1. The Labute approximate surface area is 88.3 Å². The van der Waals surface area contributed by atoms with Crippen LogP contribution in [0.3, 0.4) is 0 Å². The first kappa shape index (κ1) is 9.58. The topological polar surface area (TPSA) is 53.1 Å². The molecule has 4 heteroatoms. The maximum Gasteiger partial charge on any atom is 0.240 e. The number of rotatable bonds is 2. The average molecular weight is 203 g/mol. The van der Waals surface area contributed by atoms with Gasteiger partial charge in [0.05, 0.1) is 18.5 Å². The molecular weight excluding hydrogens is 190 g/mol. The van der Waals surface area contributed by atoms with Gasteiger partial charge in [-0.3, -0.25) is 0 Å². The summed E-state index contributed by atoms with van der Waals surface area (Å²) in [5.41, 5.74) is 8.14. The van der Waals surface area contributed by atoms with Crippen molar-refractivity contribution in [1.29, 1.82) is 0 Å². The van der Waals surface area contributed by atoms with E-state index in [4.69, 9.17) is 10.5 Å². The summed E-state index contributed by atoms with van der Waals surface area (Å²) in [6.07, 6.45) is 0. The number of hydrogen-bond acceptors (Lipinski definition) is 3. The van der Waals surface area contributed by atoms with E-state index in [0.29, 0.717) is 11.6 Å². The molecule has 2 rings (SSSR count). The number of ether oxygens (including phenoxy) is 1. The summed E-state index contributed by atoms with van der Waals surface area (Å²) in [5, 5.41) is 4.32. The number of nitrogens with two attached hydrogens (primary N) is 1. The van der Waals surface area contributed by atoms with Crippen molar-refractivity contribution in [3.8, 4) is 11.6 Å². The number of benzene rings is 1. The first-order valence-corrected chi connectivity index (χ1v) is 4.68. The molecule has 0 spiro atoms. The summed E-state index contributed by atoms with van der Waals surface area (Å²) in [5.74, 6) is 0.582. The summed E-state index contributed by atoms with van der Waals surface area (Å²) < 4.78 is 6.93. The van der Waals surface area contributed by atoms with Gasteiger partial charge in [-0.15, -0.1) is 0 Å². The normalized spacial score (nSPS) is 10.3. The SMILES string of the molecule is COc1c(N)c(C)nn1-c1ccccc1. The van der Waals surface area contributed by atoms with E-state index in [-0.39, 0.29) is 0 Å². The predicted molar refractivity (Wildman–Crippen MR) is 59.3 cm³/mol. The number of nitrogen functional groups attached to an aromatic ring is 1. The van der Waals surface area contributed by atoms with Crippen molar-refractivity contribution in [2.75, 3.05) is 12.8 Å². The highest BCUT2D eigenvalue weighted by atomic mass is 16.5. The van der Waals surface area contributed by atoms with Crippen LogP contribution in [0.1, 0.15) is 5.69 Å². The van der Waals surface area contributed by atoms with Gasteiger partial charge in [0.2, 0.25) is 5.88 Å². The van der Waals surface area contributed by atoms with E-state index in [1.54, 1.807) is 11.8 Å². The third-order valence-electron chi connectivity index (χ3n) is 2.26. The molecule has 0 fully saturated rings. The Bertz CT molecular complexity index is 462. The lowest BCUT2D eigenvalue weighted by molar-refractivity contribution is 0.385. The molecule has 1 aromatic carbocycles. The van der Waals surface area contributed by atoms with Crippen molar-refractivity contribution in [2.24, 2.45) is 0 Å². The lowest BCUT2D eigenvalue weighted by atomic mass is 10.3. The monoisotopic (exact) mass is 203 g/mol. The predicted octanol–water partition coefficient (Wildman–Crippen LogP) is 1.77. The molecule has 0 saturated heterocycles. The van der Waals surface area contributed by atoms with E-state index in [0.717, 1.165) is 11.4 Å². The Morgan fingerprint density at radius 2 is 1.93 bits per heavy atom. The number of para-hydroxylation sites is 1. The van der Waals surface area contributed by atoms with Gasteiger partial charge in [0.1, 0.15) is 5.69 Å². The number of aryl methyl sites for hydroxylation is 1. The second kappa shape index (κ2) is 3.65. The largest absolute Gasteiger partial charge is 0.479 e. The molecular formula is C11H13N3O. The first-order chi connectivity index (χ1) is 7.24. The van der Waals surface area contributed by atoms with Crippen LogP contribution >= 0.6 is 0 Å². The number of aromatic nitrogens is 2. The molecule has 1 aromatic heterocycles. The Balaban J connectivity index is 2.58. The molecule has 78 valence electrons. The highest BCUT2D eigenvalue weighted by Crippen LogP contribution is 2.27. The Hall–Kier alpha value is -1.97. The zero-order chi connectivity index (χ0) is 10.8. The van der Waals surface area contributed by atoms with Crippen molar-refractivity contribution in [3.05, 3.63) is 36.0 Å². The minimum absolute atomic E-state index is 0.582. The van der Waals surface area contributed by atoms with Gasteiger partial charge in [0, 0.05) is 0 Å². The molecule has 0 aliphatic carbocycles. The van der Waals surface area contributed by atoms with Crippen molar-refractivity contribution >= 4 is 5.69 Å². The van der Waals surface area contributed by atoms with Gasteiger partial charge < -0.3 is 10.5 Å². The van der Waals surface area contributed by atoms with Crippen LogP contribution in [0, 0.1) is 6.92 Å². The maximum absolute atomic E-state index is 5.84. The fourth-order valence-electron chi connectivity index (χ4n) is 1.46. The third-order valence-corrected chi connectivity index (χ3v) is 2.26. The molecule has 0 atom stereocenters. The van der Waals surface area contributed by atoms with E-state index in [1.807, 2.05) is 37.3 Å². The zero-order valence-corrected chi connectivity index (χ0v) is 8.77. The molecule has 0 unspecified atom stereocenters. The third kappa shape index (κ3) is 1.54. The quantitative estimate of drug-likeness (QED) is 0.809. The molecule has 2 N–H and O–H groups in total. The molecule has 15 heavy (non-hydrogen) atoms. The maximum atomic E-state index is 5.84. The van der Waals surface area contributed by atoms with E-state index in [1.165, 1.54) is 0 Å². The molecule has 2 aromatic rings. The van der Waals surface area contributed by atoms with Gasteiger partial charge >= 0.3 is 0 Å². The summed E-state index contributed by atoms with van der Waals surface area (Å²) in [6.45, 7) is 1.86. The van der Waals surface area contributed by atoms with Gasteiger partial charge in [-0.2, -0.15) is 9.78 Å². The molecule has 0 saturated carbocycles. The Morgan fingerprint density at radius 3 is 2.53 bits per heavy atom. The molecule has 0 bridgehead atoms. The second-order valence-electron chi connectivity index (χ2n) is 3.26. The number of anilines is 1. The van der Waals surface area contributed by atoms with Gasteiger partial charge in [-0.1, -0.05) is 18.2 Å². The highest BCUT2D eigenvalue weighted by molar-refractivity contribution is 5.55.